The molecular formula is C16H28N4O. The third kappa shape index (κ3) is 3.84. The predicted octanol–water partition coefficient (Wildman–Crippen LogP) is 2.01. The normalized spacial score (nSPS) is 18.3. The Morgan fingerprint density at radius 2 is 2.19 bits per heavy atom. The highest BCUT2D eigenvalue weighted by atomic mass is 16.2. The summed E-state index contributed by atoms with van der Waals surface area (Å²) in [6, 6.07) is -0.324. The van der Waals surface area contributed by atoms with Gasteiger partial charge in [-0.15, -0.1) is 0 Å². The minimum Gasteiger partial charge on any atom is -0.354 e. The van der Waals surface area contributed by atoms with Gasteiger partial charge in [0, 0.05) is 25.4 Å². The van der Waals surface area contributed by atoms with Crippen LogP contribution in [-0.2, 0) is 11.8 Å². The number of carbonyl (C=O) groups excluding carboxylic acids is 1. The number of nitrogens with zero attached hydrogens (tertiary/aromatic N) is 2. The lowest BCUT2D eigenvalue weighted by atomic mass is 9.64. The van der Waals surface area contributed by atoms with Crippen molar-refractivity contribution in [3.63, 3.8) is 0 Å². The second-order valence-corrected chi connectivity index (χ2v) is 6.84. The number of amides is 1. The molecule has 1 aromatic rings. The first-order chi connectivity index (χ1) is 9.96. The van der Waals surface area contributed by atoms with E-state index in [0.717, 1.165) is 12.1 Å². The lowest BCUT2D eigenvalue weighted by Gasteiger charge is -2.43. The van der Waals surface area contributed by atoms with E-state index in [9.17, 15) is 4.79 Å². The zero-order chi connectivity index (χ0) is 15.5. The highest BCUT2D eigenvalue weighted by Gasteiger charge is 2.38. The molecule has 0 bridgehead atoms. The zero-order valence-corrected chi connectivity index (χ0v) is 13.6. The van der Waals surface area contributed by atoms with Gasteiger partial charge in [-0.2, -0.15) is 5.10 Å². The van der Waals surface area contributed by atoms with Crippen LogP contribution in [0.15, 0.2) is 12.4 Å². The van der Waals surface area contributed by atoms with E-state index in [2.05, 4.69) is 29.6 Å². The Hall–Kier alpha value is -1.36. The Morgan fingerprint density at radius 3 is 2.62 bits per heavy atom. The fourth-order valence-corrected chi connectivity index (χ4v) is 3.41. The smallest absolute Gasteiger partial charge is 0.241 e. The highest BCUT2D eigenvalue weighted by Crippen LogP contribution is 2.45. The summed E-state index contributed by atoms with van der Waals surface area (Å²) in [4.78, 5) is 12.4. The van der Waals surface area contributed by atoms with Gasteiger partial charge < -0.3 is 10.6 Å². The minimum absolute atomic E-state index is 0.0422. The summed E-state index contributed by atoms with van der Waals surface area (Å²) in [6.07, 6.45) is 8.60. The van der Waals surface area contributed by atoms with Crippen LogP contribution in [0.1, 0.15) is 51.1 Å². The van der Waals surface area contributed by atoms with Crippen molar-refractivity contribution in [1.82, 2.24) is 20.4 Å². The number of carbonyl (C=O) groups is 1. The number of nitrogens with one attached hydrogen (secondary N) is 2. The molecule has 1 fully saturated rings. The first-order valence-corrected chi connectivity index (χ1v) is 7.89. The number of likely N-dealkylation sites (N-methyl/N-ethyl adjacent to an activating group) is 1. The zero-order valence-electron chi connectivity index (χ0n) is 13.6. The third-order valence-corrected chi connectivity index (χ3v) is 4.50. The summed E-state index contributed by atoms with van der Waals surface area (Å²) >= 11 is 0. The van der Waals surface area contributed by atoms with Crippen molar-refractivity contribution < 1.29 is 4.79 Å². The monoisotopic (exact) mass is 292 g/mol. The Balaban J connectivity index is 1.93. The molecule has 1 aliphatic carbocycles. The fraction of sp³-hybridized carbons (Fsp3) is 0.750. The molecule has 1 saturated carbocycles. The Morgan fingerprint density at radius 1 is 1.48 bits per heavy atom. The predicted molar refractivity (Wildman–Crippen MR) is 83.8 cm³/mol. The molecule has 118 valence electrons. The molecule has 1 amide bonds. The third-order valence-electron chi connectivity index (χ3n) is 4.50. The van der Waals surface area contributed by atoms with Crippen molar-refractivity contribution >= 4 is 5.91 Å². The second kappa shape index (κ2) is 6.60. The maximum Gasteiger partial charge on any atom is 0.241 e. The van der Waals surface area contributed by atoms with Gasteiger partial charge in [0.25, 0.3) is 0 Å². The van der Waals surface area contributed by atoms with Crippen LogP contribution in [-0.4, -0.2) is 29.3 Å². The molecule has 0 aromatic carbocycles. The Bertz CT molecular complexity index is 476. The number of hydrogen-bond acceptors (Lipinski definition) is 3. The largest absolute Gasteiger partial charge is 0.354 e. The quantitative estimate of drug-likeness (QED) is 0.808. The Kier molecular flexibility index (Phi) is 5.04. The molecule has 1 atom stereocenters. The van der Waals surface area contributed by atoms with Crippen molar-refractivity contribution in [2.75, 3.05) is 13.6 Å². The average Bonchev–Trinajstić information content (AvgIpc) is 2.79. The molecule has 0 spiro atoms. The van der Waals surface area contributed by atoms with Gasteiger partial charge in [0.15, 0.2) is 0 Å². The van der Waals surface area contributed by atoms with Crippen LogP contribution in [0.2, 0.25) is 0 Å². The molecule has 5 nitrogen and oxygen atoms in total. The standard InChI is InChI=1S/C16H28N4O/c1-12(2)8-16(6-5-7-16)11-18-15(21)14(17-3)13-9-19-20(4)10-13/h9-10,12,14,17H,5-8,11H2,1-4H3,(H,18,21). The van der Waals surface area contributed by atoms with Gasteiger partial charge in [0.05, 0.1) is 6.20 Å². The molecule has 0 radical (unpaired) electrons. The molecule has 0 aliphatic heterocycles. The maximum atomic E-state index is 12.4. The van der Waals surface area contributed by atoms with Crippen LogP contribution in [0.5, 0.6) is 0 Å². The van der Waals surface area contributed by atoms with Gasteiger partial charge in [0.2, 0.25) is 5.91 Å². The molecule has 1 aromatic heterocycles. The van der Waals surface area contributed by atoms with Crippen molar-refractivity contribution in [2.45, 2.75) is 45.6 Å². The average molecular weight is 292 g/mol. The number of aromatic nitrogens is 2. The van der Waals surface area contributed by atoms with Crippen LogP contribution >= 0.6 is 0 Å². The molecule has 5 heteroatoms. The van der Waals surface area contributed by atoms with Crippen LogP contribution in [0.3, 0.4) is 0 Å². The topological polar surface area (TPSA) is 59.0 Å². The highest BCUT2D eigenvalue weighted by molar-refractivity contribution is 5.83. The van der Waals surface area contributed by atoms with E-state index >= 15 is 0 Å². The SMILES string of the molecule is CNC(C(=O)NCC1(CC(C)C)CCC1)c1cnn(C)c1. The summed E-state index contributed by atoms with van der Waals surface area (Å²) in [5.74, 6) is 0.723. The molecule has 1 aliphatic rings. The first-order valence-electron chi connectivity index (χ1n) is 7.89. The lowest BCUT2D eigenvalue weighted by Crippen LogP contribution is -2.45. The van der Waals surface area contributed by atoms with Gasteiger partial charge in [-0.25, -0.2) is 0 Å². The summed E-state index contributed by atoms with van der Waals surface area (Å²) < 4.78 is 1.72. The van der Waals surface area contributed by atoms with Crippen molar-refractivity contribution in [3.8, 4) is 0 Å². The van der Waals surface area contributed by atoms with Gasteiger partial charge in [-0.3, -0.25) is 9.48 Å². The fourth-order valence-electron chi connectivity index (χ4n) is 3.41. The number of hydrogen-bond donors (Lipinski definition) is 2. The molecule has 2 N–H and O–H groups in total. The number of rotatable bonds is 7. The van der Waals surface area contributed by atoms with E-state index in [1.807, 2.05) is 20.3 Å². The number of aryl methyl sites for hydroxylation is 1. The van der Waals surface area contributed by atoms with Crippen molar-refractivity contribution in [2.24, 2.45) is 18.4 Å². The first kappa shape index (κ1) is 16.0. The minimum atomic E-state index is -0.324. The molecular weight excluding hydrogens is 264 g/mol. The van der Waals surface area contributed by atoms with E-state index in [1.165, 1.54) is 25.7 Å². The second-order valence-electron chi connectivity index (χ2n) is 6.84. The van der Waals surface area contributed by atoms with E-state index in [0.29, 0.717) is 11.3 Å². The van der Waals surface area contributed by atoms with E-state index in [1.54, 1.807) is 10.9 Å². The Labute approximate surface area is 127 Å². The van der Waals surface area contributed by atoms with Crippen LogP contribution < -0.4 is 10.6 Å². The van der Waals surface area contributed by atoms with Crippen LogP contribution in [0.4, 0.5) is 0 Å². The summed E-state index contributed by atoms with van der Waals surface area (Å²) in [5, 5.41) is 10.4. The van der Waals surface area contributed by atoms with Gasteiger partial charge in [0.1, 0.15) is 6.04 Å². The molecule has 1 heterocycles. The maximum absolute atomic E-state index is 12.4. The van der Waals surface area contributed by atoms with Gasteiger partial charge >= 0.3 is 0 Å². The summed E-state index contributed by atoms with van der Waals surface area (Å²) in [7, 11) is 3.67. The van der Waals surface area contributed by atoms with E-state index in [4.69, 9.17) is 0 Å². The molecule has 1 unspecified atom stereocenters. The van der Waals surface area contributed by atoms with Crippen LogP contribution in [0.25, 0.3) is 0 Å². The van der Waals surface area contributed by atoms with E-state index < -0.39 is 0 Å². The van der Waals surface area contributed by atoms with E-state index in [-0.39, 0.29) is 11.9 Å². The summed E-state index contributed by atoms with van der Waals surface area (Å²) in [6.45, 7) is 5.31. The van der Waals surface area contributed by atoms with Crippen LogP contribution in [0, 0.1) is 11.3 Å². The summed E-state index contributed by atoms with van der Waals surface area (Å²) in [5.41, 5.74) is 1.24. The van der Waals surface area contributed by atoms with Crippen molar-refractivity contribution in [3.05, 3.63) is 18.0 Å². The van der Waals surface area contributed by atoms with Gasteiger partial charge in [-0.05, 0) is 37.6 Å². The van der Waals surface area contributed by atoms with Gasteiger partial charge in [-0.1, -0.05) is 20.3 Å². The molecule has 2 rings (SSSR count). The molecule has 21 heavy (non-hydrogen) atoms. The molecule has 0 saturated heterocycles. The van der Waals surface area contributed by atoms with Crippen molar-refractivity contribution in [1.29, 1.82) is 0 Å². The lowest BCUT2D eigenvalue weighted by molar-refractivity contribution is -0.124.